The molecule has 34 heavy (non-hydrogen) atoms. The maximum Gasteiger partial charge on any atom is 0.272 e. The monoisotopic (exact) mass is 456 g/mol. The van der Waals surface area contributed by atoms with Gasteiger partial charge in [-0.3, -0.25) is 4.79 Å². The van der Waals surface area contributed by atoms with Crippen molar-refractivity contribution in [1.82, 2.24) is 14.7 Å². The molecule has 172 valence electrons. The third kappa shape index (κ3) is 4.24. The lowest BCUT2D eigenvalue weighted by molar-refractivity contribution is 0.0737. The normalized spacial score (nSPS) is 13.7. The molecule has 0 radical (unpaired) electrons. The molecule has 1 aromatic heterocycles. The smallest absolute Gasteiger partial charge is 0.272 e. The molecule has 0 spiro atoms. The zero-order chi connectivity index (χ0) is 23.5. The van der Waals surface area contributed by atoms with Crippen molar-refractivity contribution in [1.29, 1.82) is 0 Å². The molecule has 1 fully saturated rings. The van der Waals surface area contributed by atoms with E-state index >= 15 is 0 Å². The Balaban J connectivity index is 1.41. The fraction of sp³-hybridized carbons (Fsp3) is 0.185. The number of methoxy groups -OCH3 is 1. The minimum atomic E-state index is -0.310. The summed E-state index contributed by atoms with van der Waals surface area (Å²) in [4.78, 5) is 17.7. The van der Waals surface area contributed by atoms with Crippen LogP contribution in [0.2, 0.25) is 0 Å². The first-order valence-corrected chi connectivity index (χ1v) is 11.2. The van der Waals surface area contributed by atoms with E-state index in [-0.39, 0.29) is 11.7 Å². The number of piperazine rings is 1. The van der Waals surface area contributed by atoms with E-state index in [1.807, 2.05) is 59.5 Å². The highest BCUT2D eigenvalue weighted by atomic mass is 19.1. The zero-order valence-electron chi connectivity index (χ0n) is 18.9. The summed E-state index contributed by atoms with van der Waals surface area (Å²) >= 11 is 0. The highest BCUT2D eigenvalue weighted by Crippen LogP contribution is 2.29. The average Bonchev–Trinajstić information content (AvgIpc) is 3.35. The second kappa shape index (κ2) is 9.39. The van der Waals surface area contributed by atoms with Crippen molar-refractivity contribution >= 4 is 11.6 Å². The van der Waals surface area contributed by atoms with Crippen LogP contribution in [0, 0.1) is 5.82 Å². The van der Waals surface area contributed by atoms with Crippen LogP contribution >= 0.6 is 0 Å². The number of rotatable bonds is 5. The highest BCUT2D eigenvalue weighted by molar-refractivity contribution is 5.94. The van der Waals surface area contributed by atoms with Gasteiger partial charge < -0.3 is 14.5 Å². The van der Waals surface area contributed by atoms with Gasteiger partial charge in [0.1, 0.15) is 17.3 Å². The van der Waals surface area contributed by atoms with Crippen molar-refractivity contribution in [3.63, 3.8) is 0 Å². The molecule has 0 unspecified atom stereocenters. The second-order valence-corrected chi connectivity index (χ2v) is 8.12. The Hall–Kier alpha value is -4.13. The predicted octanol–water partition coefficient (Wildman–Crippen LogP) is 4.65. The minimum absolute atomic E-state index is 0.0793. The van der Waals surface area contributed by atoms with Crippen LogP contribution in [0.5, 0.6) is 5.75 Å². The number of hydrogen-bond acceptors (Lipinski definition) is 4. The molecule has 0 N–H and O–H groups in total. The molecule has 0 aliphatic carbocycles. The Kier molecular flexibility index (Phi) is 5.99. The predicted molar refractivity (Wildman–Crippen MR) is 130 cm³/mol. The van der Waals surface area contributed by atoms with E-state index in [1.54, 1.807) is 30.0 Å². The van der Waals surface area contributed by atoms with Crippen LogP contribution in [0.3, 0.4) is 0 Å². The molecular formula is C27H25FN4O2. The largest absolute Gasteiger partial charge is 0.495 e. The Morgan fingerprint density at radius 2 is 1.56 bits per heavy atom. The van der Waals surface area contributed by atoms with Gasteiger partial charge in [-0.15, -0.1) is 0 Å². The first kappa shape index (κ1) is 21.7. The van der Waals surface area contributed by atoms with Gasteiger partial charge in [-0.2, -0.15) is 5.10 Å². The van der Waals surface area contributed by atoms with Gasteiger partial charge in [-0.05, 0) is 54.6 Å². The molecule has 0 atom stereocenters. The number of aromatic nitrogens is 2. The number of carbonyl (C=O) groups excluding carboxylic acids is 1. The fourth-order valence-corrected chi connectivity index (χ4v) is 4.26. The molecule has 1 aliphatic rings. The zero-order valence-corrected chi connectivity index (χ0v) is 18.9. The molecular weight excluding hydrogens is 431 g/mol. The summed E-state index contributed by atoms with van der Waals surface area (Å²) in [6, 6.07) is 25.4. The quantitative estimate of drug-likeness (QED) is 0.439. The van der Waals surface area contributed by atoms with E-state index in [2.05, 4.69) is 4.90 Å². The molecule has 0 bridgehead atoms. The summed E-state index contributed by atoms with van der Waals surface area (Å²) in [6.45, 7) is 2.58. The second-order valence-electron chi connectivity index (χ2n) is 8.12. The summed E-state index contributed by atoms with van der Waals surface area (Å²) in [5.74, 6) is 0.438. The van der Waals surface area contributed by atoms with Crippen molar-refractivity contribution in [2.24, 2.45) is 0 Å². The standard InChI is InChI=1S/C27H25FN4O2/c1-34-26-10-6-5-9-24(26)30-15-17-31(18-16-30)27(33)25-19-23(20-11-13-21(28)14-12-20)29-32(25)22-7-3-2-4-8-22/h2-14,19H,15-18H2,1H3. The SMILES string of the molecule is COc1ccccc1N1CCN(C(=O)c2cc(-c3ccc(F)cc3)nn2-c2ccccc2)CC1. The third-order valence-corrected chi connectivity index (χ3v) is 6.06. The summed E-state index contributed by atoms with van der Waals surface area (Å²) in [7, 11) is 1.67. The molecule has 3 aromatic carbocycles. The Morgan fingerprint density at radius 1 is 0.882 bits per heavy atom. The average molecular weight is 457 g/mol. The van der Waals surface area contributed by atoms with Crippen LogP contribution in [0.4, 0.5) is 10.1 Å². The molecule has 0 saturated carbocycles. The number of hydrogen-bond donors (Lipinski definition) is 0. The molecule has 7 heteroatoms. The van der Waals surface area contributed by atoms with Crippen LogP contribution in [0.1, 0.15) is 10.5 Å². The Bertz CT molecular complexity index is 1280. The lowest BCUT2D eigenvalue weighted by Gasteiger charge is -2.36. The van der Waals surface area contributed by atoms with Crippen LogP contribution in [0.25, 0.3) is 16.9 Å². The van der Waals surface area contributed by atoms with Crippen molar-refractivity contribution in [2.45, 2.75) is 0 Å². The fourth-order valence-electron chi connectivity index (χ4n) is 4.26. The maximum absolute atomic E-state index is 13.6. The van der Waals surface area contributed by atoms with E-state index in [9.17, 15) is 9.18 Å². The first-order chi connectivity index (χ1) is 16.6. The van der Waals surface area contributed by atoms with Gasteiger partial charge >= 0.3 is 0 Å². The summed E-state index contributed by atoms with van der Waals surface area (Å²) in [6.07, 6.45) is 0. The molecule has 2 heterocycles. The van der Waals surface area contributed by atoms with Crippen LogP contribution in [-0.2, 0) is 0 Å². The lowest BCUT2D eigenvalue weighted by atomic mass is 10.1. The summed E-state index contributed by atoms with van der Waals surface area (Å²) in [5, 5.41) is 4.70. The summed E-state index contributed by atoms with van der Waals surface area (Å²) in [5.41, 5.74) is 3.69. The number of amides is 1. The van der Waals surface area contributed by atoms with E-state index in [0.29, 0.717) is 37.6 Å². The van der Waals surface area contributed by atoms with Gasteiger partial charge in [0.05, 0.1) is 24.2 Å². The van der Waals surface area contributed by atoms with Gasteiger partial charge in [0, 0.05) is 31.7 Å². The van der Waals surface area contributed by atoms with E-state index in [4.69, 9.17) is 9.84 Å². The number of para-hydroxylation sites is 3. The van der Waals surface area contributed by atoms with E-state index < -0.39 is 0 Å². The van der Waals surface area contributed by atoms with Gasteiger partial charge in [-0.1, -0.05) is 30.3 Å². The number of ether oxygens (including phenoxy) is 1. The number of nitrogens with zero attached hydrogens (tertiary/aromatic N) is 4. The van der Waals surface area contributed by atoms with E-state index in [0.717, 1.165) is 22.7 Å². The maximum atomic E-state index is 13.6. The highest BCUT2D eigenvalue weighted by Gasteiger charge is 2.27. The Morgan fingerprint density at radius 3 is 2.26 bits per heavy atom. The van der Waals surface area contributed by atoms with Crippen molar-refractivity contribution in [3.8, 4) is 22.7 Å². The van der Waals surface area contributed by atoms with Crippen molar-refractivity contribution in [2.75, 3.05) is 38.2 Å². The number of halogens is 1. The number of carbonyl (C=O) groups is 1. The molecule has 6 nitrogen and oxygen atoms in total. The molecule has 4 aromatic rings. The molecule has 5 rings (SSSR count). The van der Waals surface area contributed by atoms with Crippen LogP contribution < -0.4 is 9.64 Å². The first-order valence-electron chi connectivity index (χ1n) is 11.2. The Labute approximate surface area is 197 Å². The van der Waals surface area contributed by atoms with Gasteiger partial charge in [0.25, 0.3) is 5.91 Å². The lowest BCUT2D eigenvalue weighted by Crippen LogP contribution is -2.49. The van der Waals surface area contributed by atoms with Crippen molar-refractivity contribution < 1.29 is 13.9 Å². The minimum Gasteiger partial charge on any atom is -0.495 e. The molecule has 1 aliphatic heterocycles. The molecule has 1 saturated heterocycles. The number of benzene rings is 3. The van der Waals surface area contributed by atoms with Gasteiger partial charge in [0.2, 0.25) is 0 Å². The van der Waals surface area contributed by atoms with Crippen LogP contribution in [-0.4, -0.2) is 53.9 Å². The van der Waals surface area contributed by atoms with Crippen LogP contribution in [0.15, 0.2) is 84.9 Å². The topological polar surface area (TPSA) is 50.6 Å². The third-order valence-electron chi connectivity index (χ3n) is 6.06. The van der Waals surface area contributed by atoms with Gasteiger partial charge in [0.15, 0.2) is 0 Å². The molecule has 1 amide bonds. The summed E-state index contributed by atoms with van der Waals surface area (Å²) < 4.78 is 20.6. The van der Waals surface area contributed by atoms with Gasteiger partial charge in [-0.25, -0.2) is 9.07 Å². The number of anilines is 1. The van der Waals surface area contributed by atoms with E-state index in [1.165, 1.54) is 12.1 Å². The van der Waals surface area contributed by atoms with Crippen molar-refractivity contribution in [3.05, 3.63) is 96.4 Å².